The number of aromatic nitrogens is 1. The van der Waals surface area contributed by atoms with Crippen LogP contribution in [0.3, 0.4) is 0 Å². The van der Waals surface area contributed by atoms with E-state index in [9.17, 15) is 22.8 Å². The second-order valence-corrected chi connectivity index (χ2v) is 7.86. The number of rotatable bonds is 5. The first kappa shape index (κ1) is 22.0. The van der Waals surface area contributed by atoms with E-state index >= 15 is 0 Å². The summed E-state index contributed by atoms with van der Waals surface area (Å²) >= 11 is 1.51. The number of hydrogen-bond donors (Lipinski definition) is 2. The fourth-order valence-electron chi connectivity index (χ4n) is 3.09. The molecule has 0 radical (unpaired) electrons. The molecule has 0 unspecified atom stereocenters. The van der Waals surface area contributed by atoms with Crippen LogP contribution in [-0.4, -0.2) is 54.5 Å². The summed E-state index contributed by atoms with van der Waals surface area (Å²) in [7, 11) is 0. The fraction of sp³-hybridized carbons (Fsp3) is 0.421. The third-order valence-corrected chi connectivity index (χ3v) is 5.49. The van der Waals surface area contributed by atoms with Crippen molar-refractivity contribution in [3.63, 3.8) is 0 Å². The van der Waals surface area contributed by atoms with Crippen LogP contribution >= 0.6 is 11.3 Å². The van der Waals surface area contributed by atoms with E-state index in [2.05, 4.69) is 15.6 Å². The topological polar surface area (TPSA) is 77.6 Å². The average molecular weight is 441 g/mol. The molecule has 0 bridgehead atoms. The van der Waals surface area contributed by atoms with Gasteiger partial charge in [-0.1, -0.05) is 6.07 Å². The molecule has 0 spiro atoms. The van der Waals surface area contributed by atoms with Gasteiger partial charge in [0.1, 0.15) is 5.82 Å². The molecule has 7 nitrogen and oxygen atoms in total. The van der Waals surface area contributed by atoms with Crippen molar-refractivity contribution in [2.24, 2.45) is 0 Å². The normalized spacial score (nSPS) is 15.5. The van der Waals surface area contributed by atoms with Gasteiger partial charge in [-0.25, -0.2) is 9.78 Å². The maximum Gasteiger partial charge on any atom is 0.417 e. The van der Waals surface area contributed by atoms with E-state index in [1.54, 1.807) is 0 Å². The number of hydrogen-bond acceptors (Lipinski definition) is 6. The third-order valence-electron chi connectivity index (χ3n) is 4.61. The summed E-state index contributed by atoms with van der Waals surface area (Å²) in [5, 5.41) is 6.85. The largest absolute Gasteiger partial charge is 0.417 e. The monoisotopic (exact) mass is 441 g/mol. The molecule has 1 aliphatic heterocycles. The van der Waals surface area contributed by atoms with Crippen LogP contribution in [0.15, 0.2) is 35.8 Å². The minimum absolute atomic E-state index is 0.0701. The summed E-state index contributed by atoms with van der Waals surface area (Å²) in [6.07, 6.45) is -2.86. The van der Waals surface area contributed by atoms with Crippen LogP contribution in [0.2, 0.25) is 0 Å². The molecule has 0 atom stereocenters. The summed E-state index contributed by atoms with van der Waals surface area (Å²) < 4.78 is 38.1. The fourth-order valence-corrected chi connectivity index (χ4v) is 3.74. The van der Waals surface area contributed by atoms with Gasteiger partial charge >= 0.3 is 12.2 Å². The SMILES string of the molecule is O=C(CN1CCCN(c2ccc(C(F)(F)F)cn2)CC1)NC(=O)NCc1cccs1. The zero-order chi connectivity index (χ0) is 21.6. The Morgan fingerprint density at radius 2 is 1.97 bits per heavy atom. The highest BCUT2D eigenvalue weighted by Gasteiger charge is 2.31. The molecule has 3 heterocycles. The molecule has 30 heavy (non-hydrogen) atoms. The number of amides is 3. The van der Waals surface area contributed by atoms with Crippen molar-refractivity contribution in [1.82, 2.24) is 20.5 Å². The van der Waals surface area contributed by atoms with Gasteiger partial charge in [0.15, 0.2) is 0 Å². The summed E-state index contributed by atoms with van der Waals surface area (Å²) in [5.74, 6) is 0.0713. The molecule has 0 aromatic carbocycles. The maximum absolute atomic E-state index is 12.7. The molecule has 2 aromatic rings. The Labute approximate surface area is 175 Å². The molecule has 0 saturated carbocycles. The first-order chi connectivity index (χ1) is 14.3. The number of imide groups is 1. The third kappa shape index (κ3) is 6.42. The predicted octanol–water partition coefficient (Wildman–Crippen LogP) is 2.70. The summed E-state index contributed by atoms with van der Waals surface area (Å²) in [6, 6.07) is 5.62. The van der Waals surface area contributed by atoms with Crippen LogP contribution in [0.25, 0.3) is 0 Å². The zero-order valence-electron chi connectivity index (χ0n) is 16.1. The molecule has 2 aromatic heterocycles. The van der Waals surface area contributed by atoms with Gasteiger partial charge in [0.2, 0.25) is 5.91 Å². The van der Waals surface area contributed by atoms with Crippen molar-refractivity contribution in [1.29, 1.82) is 0 Å². The molecule has 1 saturated heterocycles. The molecule has 3 amide bonds. The van der Waals surface area contributed by atoms with E-state index in [0.29, 0.717) is 38.5 Å². The molecule has 2 N–H and O–H groups in total. The number of halogens is 3. The van der Waals surface area contributed by atoms with E-state index in [1.807, 2.05) is 27.3 Å². The Morgan fingerprint density at radius 3 is 2.63 bits per heavy atom. The minimum Gasteiger partial charge on any atom is -0.355 e. The Balaban J connectivity index is 1.44. The van der Waals surface area contributed by atoms with E-state index in [-0.39, 0.29) is 6.54 Å². The smallest absolute Gasteiger partial charge is 0.355 e. The highest BCUT2D eigenvalue weighted by molar-refractivity contribution is 7.09. The molecular weight excluding hydrogens is 419 g/mol. The number of urea groups is 1. The van der Waals surface area contributed by atoms with Crippen LogP contribution in [0.4, 0.5) is 23.8 Å². The van der Waals surface area contributed by atoms with Crippen molar-refractivity contribution in [3.05, 3.63) is 46.3 Å². The number of nitrogens with one attached hydrogen (secondary N) is 2. The Hall–Kier alpha value is -2.66. The van der Waals surface area contributed by atoms with Gasteiger partial charge in [0.05, 0.1) is 18.7 Å². The van der Waals surface area contributed by atoms with Crippen LogP contribution in [0, 0.1) is 0 Å². The number of thiophene rings is 1. The quantitative estimate of drug-likeness (QED) is 0.746. The van der Waals surface area contributed by atoms with Crippen molar-refractivity contribution in [3.8, 4) is 0 Å². The maximum atomic E-state index is 12.7. The number of nitrogens with zero attached hydrogens (tertiary/aromatic N) is 3. The molecule has 1 fully saturated rings. The predicted molar refractivity (Wildman–Crippen MR) is 107 cm³/mol. The van der Waals surface area contributed by atoms with Crippen LogP contribution in [0.5, 0.6) is 0 Å². The molecule has 11 heteroatoms. The van der Waals surface area contributed by atoms with Gasteiger partial charge in [0, 0.05) is 37.3 Å². The number of carbonyl (C=O) groups excluding carboxylic acids is 2. The first-order valence-electron chi connectivity index (χ1n) is 9.42. The van der Waals surface area contributed by atoms with Gasteiger partial charge < -0.3 is 10.2 Å². The number of alkyl halides is 3. The number of pyridine rings is 1. The summed E-state index contributed by atoms with van der Waals surface area (Å²) in [5.41, 5.74) is -0.781. The van der Waals surface area contributed by atoms with Crippen LogP contribution in [0.1, 0.15) is 16.9 Å². The van der Waals surface area contributed by atoms with Crippen molar-refractivity contribution < 1.29 is 22.8 Å². The summed E-state index contributed by atoms with van der Waals surface area (Å²) in [4.78, 5) is 32.7. The lowest BCUT2D eigenvalue weighted by molar-refractivity contribution is -0.137. The standard InChI is InChI=1S/C19H22F3N5O2S/c20-19(21,22)14-4-5-16(23-11-14)27-7-2-6-26(8-9-27)13-17(28)25-18(29)24-12-15-3-1-10-30-15/h1,3-5,10-11H,2,6-9,12-13H2,(H2,24,25,28,29). The van der Waals surface area contributed by atoms with E-state index in [4.69, 9.17) is 0 Å². The first-order valence-corrected chi connectivity index (χ1v) is 10.3. The Kier molecular flexibility index (Phi) is 7.27. The summed E-state index contributed by atoms with van der Waals surface area (Å²) in [6.45, 7) is 2.75. The molecular formula is C19H22F3N5O2S. The Morgan fingerprint density at radius 1 is 1.13 bits per heavy atom. The lowest BCUT2D eigenvalue weighted by atomic mass is 10.2. The van der Waals surface area contributed by atoms with Crippen molar-refractivity contribution in [2.75, 3.05) is 37.6 Å². The van der Waals surface area contributed by atoms with E-state index in [0.717, 1.165) is 23.6 Å². The average Bonchev–Trinajstić information content (AvgIpc) is 3.11. The highest BCUT2D eigenvalue weighted by atomic mass is 32.1. The van der Waals surface area contributed by atoms with Gasteiger partial charge in [-0.05, 0) is 30.0 Å². The highest BCUT2D eigenvalue weighted by Crippen LogP contribution is 2.29. The molecule has 1 aliphatic rings. The van der Waals surface area contributed by atoms with Crippen molar-refractivity contribution >= 4 is 29.1 Å². The zero-order valence-corrected chi connectivity index (χ0v) is 16.9. The van der Waals surface area contributed by atoms with E-state index < -0.39 is 23.7 Å². The van der Waals surface area contributed by atoms with Crippen LogP contribution in [-0.2, 0) is 17.5 Å². The Bertz CT molecular complexity index is 843. The molecule has 0 aliphatic carbocycles. The van der Waals surface area contributed by atoms with Gasteiger partial charge in [0.25, 0.3) is 0 Å². The number of anilines is 1. The van der Waals surface area contributed by atoms with Crippen molar-refractivity contribution in [2.45, 2.75) is 19.1 Å². The molecule has 162 valence electrons. The second kappa shape index (κ2) is 9.90. The van der Waals surface area contributed by atoms with Crippen LogP contribution < -0.4 is 15.5 Å². The second-order valence-electron chi connectivity index (χ2n) is 6.83. The lowest BCUT2D eigenvalue weighted by Gasteiger charge is -2.22. The van der Waals surface area contributed by atoms with E-state index in [1.165, 1.54) is 17.4 Å². The number of carbonyl (C=O) groups is 2. The minimum atomic E-state index is -4.41. The van der Waals surface area contributed by atoms with Gasteiger partial charge in [-0.2, -0.15) is 13.2 Å². The van der Waals surface area contributed by atoms with Gasteiger partial charge in [-0.3, -0.25) is 15.0 Å². The lowest BCUT2D eigenvalue weighted by Crippen LogP contribution is -2.45. The molecule has 3 rings (SSSR count). The van der Waals surface area contributed by atoms with Gasteiger partial charge in [-0.15, -0.1) is 11.3 Å².